The van der Waals surface area contributed by atoms with Crippen LogP contribution in [0.4, 0.5) is 0 Å². The number of hydrogen-bond donors (Lipinski definition) is 1. The molecule has 19 heavy (non-hydrogen) atoms. The molecule has 0 heterocycles. The summed E-state index contributed by atoms with van der Waals surface area (Å²) in [6.45, 7) is 4.54. The molecule has 1 aromatic carbocycles. The molecule has 0 radical (unpaired) electrons. The maximum Gasteiger partial charge on any atom is 0.00969 e. The van der Waals surface area contributed by atoms with E-state index >= 15 is 0 Å². The van der Waals surface area contributed by atoms with Crippen LogP contribution in [-0.4, -0.2) is 11.3 Å². The van der Waals surface area contributed by atoms with Gasteiger partial charge in [0.25, 0.3) is 0 Å². The molecular formula is C17H27NS. The highest BCUT2D eigenvalue weighted by Crippen LogP contribution is 2.36. The summed E-state index contributed by atoms with van der Waals surface area (Å²) in [4.78, 5) is 1.42. The Labute approximate surface area is 122 Å². The van der Waals surface area contributed by atoms with Crippen LogP contribution in [0.3, 0.4) is 0 Å². The minimum atomic E-state index is 0.303. The van der Waals surface area contributed by atoms with Crippen LogP contribution in [0.2, 0.25) is 0 Å². The molecule has 2 heteroatoms. The predicted molar refractivity (Wildman–Crippen MR) is 85.7 cm³/mol. The zero-order valence-electron chi connectivity index (χ0n) is 12.3. The highest BCUT2D eigenvalue weighted by atomic mass is 32.2. The van der Waals surface area contributed by atoms with Gasteiger partial charge in [0.1, 0.15) is 0 Å². The Morgan fingerprint density at radius 2 is 2.00 bits per heavy atom. The van der Waals surface area contributed by atoms with Crippen LogP contribution in [0.15, 0.2) is 29.2 Å². The molecule has 0 amide bonds. The minimum absolute atomic E-state index is 0.303. The van der Waals surface area contributed by atoms with Crippen molar-refractivity contribution >= 4 is 11.8 Å². The smallest absolute Gasteiger partial charge is 0.00969 e. The Balaban J connectivity index is 1.87. The summed E-state index contributed by atoms with van der Waals surface area (Å²) in [5.74, 6) is 0.910. The van der Waals surface area contributed by atoms with Crippen LogP contribution in [0, 0.1) is 5.92 Å². The lowest BCUT2D eigenvalue weighted by atomic mass is 9.91. The maximum absolute atomic E-state index is 6.00. The van der Waals surface area contributed by atoms with Crippen molar-refractivity contribution in [2.45, 2.75) is 68.6 Å². The van der Waals surface area contributed by atoms with Gasteiger partial charge in [0.15, 0.2) is 0 Å². The normalized spacial score (nSPS) is 25.2. The van der Waals surface area contributed by atoms with Crippen LogP contribution in [-0.2, 0) is 6.42 Å². The molecule has 2 rings (SSSR count). The second-order valence-corrected chi connectivity index (χ2v) is 7.40. The first-order valence-corrected chi connectivity index (χ1v) is 8.56. The molecule has 3 atom stereocenters. The van der Waals surface area contributed by atoms with Crippen molar-refractivity contribution in [3.8, 4) is 0 Å². The van der Waals surface area contributed by atoms with Crippen LogP contribution in [0.5, 0.6) is 0 Å². The van der Waals surface area contributed by atoms with E-state index in [1.807, 2.05) is 0 Å². The molecule has 0 spiro atoms. The standard InChI is InChI=1S/C17H27NS/c1-3-15(18)12-14-7-9-16(10-8-14)19-17-6-4-5-13(2)11-17/h7-10,13,15,17H,3-6,11-12,18H2,1-2H3. The second kappa shape index (κ2) is 7.35. The minimum Gasteiger partial charge on any atom is -0.327 e. The first-order valence-electron chi connectivity index (χ1n) is 7.68. The highest BCUT2D eigenvalue weighted by Gasteiger charge is 2.19. The summed E-state index contributed by atoms with van der Waals surface area (Å²) < 4.78 is 0. The van der Waals surface area contributed by atoms with Gasteiger partial charge in [0.05, 0.1) is 0 Å². The van der Waals surface area contributed by atoms with Crippen LogP contribution >= 0.6 is 11.8 Å². The van der Waals surface area contributed by atoms with E-state index in [9.17, 15) is 0 Å². The second-order valence-electron chi connectivity index (χ2n) is 6.03. The first-order chi connectivity index (χ1) is 9.17. The summed E-state index contributed by atoms with van der Waals surface area (Å²) >= 11 is 2.07. The van der Waals surface area contributed by atoms with Crippen molar-refractivity contribution in [3.05, 3.63) is 29.8 Å². The molecule has 1 aromatic rings. The molecule has 1 fully saturated rings. The van der Waals surface area contributed by atoms with E-state index in [4.69, 9.17) is 5.73 Å². The van der Waals surface area contributed by atoms with Crippen molar-refractivity contribution in [3.63, 3.8) is 0 Å². The van der Waals surface area contributed by atoms with Gasteiger partial charge >= 0.3 is 0 Å². The summed E-state index contributed by atoms with van der Waals surface area (Å²) in [5, 5.41) is 0.826. The Bertz CT molecular complexity index is 373. The summed E-state index contributed by atoms with van der Waals surface area (Å²) in [6, 6.07) is 9.37. The fourth-order valence-electron chi connectivity index (χ4n) is 2.83. The topological polar surface area (TPSA) is 26.0 Å². The van der Waals surface area contributed by atoms with E-state index < -0.39 is 0 Å². The van der Waals surface area contributed by atoms with Gasteiger partial charge in [0.2, 0.25) is 0 Å². The first kappa shape index (κ1) is 14.9. The summed E-state index contributed by atoms with van der Waals surface area (Å²) in [5.41, 5.74) is 7.37. The van der Waals surface area contributed by atoms with Gasteiger partial charge < -0.3 is 5.73 Å². The van der Waals surface area contributed by atoms with Gasteiger partial charge in [-0.25, -0.2) is 0 Å². The Morgan fingerprint density at radius 1 is 1.26 bits per heavy atom. The predicted octanol–water partition coefficient (Wildman–Crippen LogP) is 4.64. The summed E-state index contributed by atoms with van der Waals surface area (Å²) in [6.07, 6.45) is 7.65. The average Bonchev–Trinajstić information content (AvgIpc) is 2.41. The van der Waals surface area contributed by atoms with Crippen molar-refractivity contribution in [2.75, 3.05) is 0 Å². The molecule has 0 bridgehead atoms. The number of thioether (sulfide) groups is 1. The molecule has 2 N–H and O–H groups in total. The molecule has 1 aliphatic rings. The molecule has 1 nitrogen and oxygen atoms in total. The van der Waals surface area contributed by atoms with Crippen molar-refractivity contribution < 1.29 is 0 Å². The maximum atomic E-state index is 6.00. The van der Waals surface area contributed by atoms with Crippen molar-refractivity contribution in [1.29, 1.82) is 0 Å². The third-order valence-corrected chi connectivity index (χ3v) is 5.44. The summed E-state index contributed by atoms with van der Waals surface area (Å²) in [7, 11) is 0. The number of benzene rings is 1. The fraction of sp³-hybridized carbons (Fsp3) is 0.647. The molecule has 1 aliphatic carbocycles. The monoisotopic (exact) mass is 277 g/mol. The van der Waals surface area contributed by atoms with E-state index in [-0.39, 0.29) is 0 Å². The van der Waals surface area contributed by atoms with Gasteiger partial charge in [-0.1, -0.05) is 38.8 Å². The largest absolute Gasteiger partial charge is 0.327 e. The Hall–Kier alpha value is -0.470. The lowest BCUT2D eigenvalue weighted by Gasteiger charge is -2.26. The SMILES string of the molecule is CCC(N)Cc1ccc(SC2CCCC(C)C2)cc1. The van der Waals surface area contributed by atoms with E-state index in [1.54, 1.807) is 0 Å². The van der Waals surface area contributed by atoms with Crippen molar-refractivity contribution in [1.82, 2.24) is 0 Å². The van der Waals surface area contributed by atoms with E-state index in [2.05, 4.69) is 49.9 Å². The zero-order valence-corrected chi connectivity index (χ0v) is 13.1. The number of nitrogens with two attached hydrogens (primary N) is 1. The van der Waals surface area contributed by atoms with Gasteiger partial charge in [-0.05, 0) is 49.3 Å². The molecule has 106 valence electrons. The molecule has 1 saturated carbocycles. The van der Waals surface area contributed by atoms with Crippen molar-refractivity contribution in [2.24, 2.45) is 11.7 Å². The third kappa shape index (κ3) is 4.85. The molecule has 3 unspecified atom stereocenters. The van der Waals surface area contributed by atoms with Crippen LogP contribution in [0.1, 0.15) is 51.5 Å². The van der Waals surface area contributed by atoms with Crippen LogP contribution in [0.25, 0.3) is 0 Å². The van der Waals surface area contributed by atoms with Gasteiger partial charge in [0, 0.05) is 16.2 Å². The Kier molecular flexibility index (Phi) is 5.77. The van der Waals surface area contributed by atoms with E-state index in [0.29, 0.717) is 6.04 Å². The number of rotatable bonds is 5. The molecule has 0 saturated heterocycles. The Morgan fingerprint density at radius 3 is 2.63 bits per heavy atom. The third-order valence-electron chi connectivity index (χ3n) is 4.14. The van der Waals surface area contributed by atoms with Gasteiger partial charge in [-0.2, -0.15) is 0 Å². The highest BCUT2D eigenvalue weighted by molar-refractivity contribution is 8.00. The quantitative estimate of drug-likeness (QED) is 0.848. The van der Waals surface area contributed by atoms with E-state index in [1.165, 1.54) is 36.1 Å². The zero-order chi connectivity index (χ0) is 13.7. The average molecular weight is 277 g/mol. The fourth-order valence-corrected chi connectivity index (χ4v) is 4.22. The lowest BCUT2D eigenvalue weighted by Crippen LogP contribution is -2.21. The molecule has 0 aromatic heterocycles. The van der Waals surface area contributed by atoms with Gasteiger partial charge in [-0.3, -0.25) is 0 Å². The van der Waals surface area contributed by atoms with Gasteiger partial charge in [-0.15, -0.1) is 11.8 Å². The van der Waals surface area contributed by atoms with Crippen LogP contribution < -0.4 is 5.73 Å². The molecule has 0 aliphatic heterocycles. The lowest BCUT2D eigenvalue weighted by molar-refractivity contribution is 0.394. The number of hydrogen-bond acceptors (Lipinski definition) is 2. The van der Waals surface area contributed by atoms with E-state index in [0.717, 1.165) is 24.0 Å². The molecular weight excluding hydrogens is 250 g/mol.